The first kappa shape index (κ1) is 10.5. The molecular weight excluding hydrogens is 150 g/mol. The first-order chi connectivity index (χ1) is 5.81. The van der Waals surface area contributed by atoms with Gasteiger partial charge in [0.05, 0.1) is 5.70 Å². The van der Waals surface area contributed by atoms with Crippen molar-refractivity contribution in [3.05, 3.63) is 24.4 Å². The topological polar surface area (TPSA) is 37.1 Å². The Morgan fingerprint density at radius 2 is 2.25 bits per heavy atom. The number of rotatable bonds is 5. The van der Waals surface area contributed by atoms with Gasteiger partial charge in [-0.2, -0.15) is 0 Å². The summed E-state index contributed by atoms with van der Waals surface area (Å²) in [4.78, 5) is 11.4. The maximum atomic E-state index is 3.94. The highest BCUT2D eigenvalue weighted by Crippen LogP contribution is 1.91. The highest BCUT2D eigenvalue weighted by Gasteiger charge is 1.75. The average molecular weight is 163 g/mol. The summed E-state index contributed by atoms with van der Waals surface area (Å²) in [5.41, 5.74) is 0.704. The summed E-state index contributed by atoms with van der Waals surface area (Å²) in [6, 6.07) is 0. The molecule has 3 heteroatoms. The number of hydrogen-bond acceptors (Lipinski definition) is 3. The Labute approximate surface area is 73.0 Å². The van der Waals surface area contributed by atoms with Gasteiger partial charge in [-0.1, -0.05) is 6.58 Å². The van der Waals surface area contributed by atoms with E-state index >= 15 is 0 Å². The van der Waals surface area contributed by atoms with E-state index in [4.69, 9.17) is 0 Å². The first-order valence-electron chi connectivity index (χ1n) is 3.57. The Bertz CT molecular complexity index is 224. The van der Waals surface area contributed by atoms with E-state index in [2.05, 4.69) is 28.3 Å². The minimum absolute atomic E-state index is 0.397. The van der Waals surface area contributed by atoms with Crippen LogP contribution in [0.5, 0.6) is 0 Å². The van der Waals surface area contributed by atoms with Crippen molar-refractivity contribution < 1.29 is 0 Å². The average Bonchev–Trinajstić information content (AvgIpc) is 2.05. The van der Waals surface area contributed by atoms with Crippen LogP contribution < -0.4 is 0 Å². The molecule has 12 heavy (non-hydrogen) atoms. The molecule has 0 N–H and O–H groups in total. The zero-order chi connectivity index (χ0) is 9.23. The highest BCUT2D eigenvalue weighted by atomic mass is 14.9. The Morgan fingerprint density at radius 3 is 2.83 bits per heavy atom. The number of nitrogens with zero attached hydrogens (tertiary/aromatic N) is 3. The van der Waals surface area contributed by atoms with Crippen molar-refractivity contribution in [3.8, 4) is 0 Å². The maximum absolute atomic E-state index is 3.94. The molecule has 0 aromatic carbocycles. The minimum atomic E-state index is 0.397. The molecule has 0 aromatic rings. The smallest absolute Gasteiger partial charge is 0.128 e. The summed E-state index contributed by atoms with van der Waals surface area (Å²) >= 11 is 0. The van der Waals surface area contributed by atoms with Crippen LogP contribution >= 0.6 is 0 Å². The molecule has 0 unspecified atom stereocenters. The van der Waals surface area contributed by atoms with Gasteiger partial charge in [0.25, 0.3) is 0 Å². The zero-order valence-electron chi connectivity index (χ0n) is 7.27. The molecule has 0 rings (SSSR count). The van der Waals surface area contributed by atoms with E-state index in [-0.39, 0.29) is 0 Å². The van der Waals surface area contributed by atoms with Gasteiger partial charge in [-0.05, 0) is 25.8 Å². The van der Waals surface area contributed by atoms with Crippen molar-refractivity contribution in [3.63, 3.8) is 0 Å². The molecule has 0 saturated heterocycles. The van der Waals surface area contributed by atoms with Crippen molar-refractivity contribution in [1.29, 1.82) is 0 Å². The van der Waals surface area contributed by atoms with Gasteiger partial charge in [-0.25, -0.2) is 0 Å². The van der Waals surface area contributed by atoms with Gasteiger partial charge in [0.1, 0.15) is 6.67 Å². The first-order valence-corrected chi connectivity index (χ1v) is 3.57. The van der Waals surface area contributed by atoms with Crippen molar-refractivity contribution in [2.24, 2.45) is 15.0 Å². The van der Waals surface area contributed by atoms with Crippen molar-refractivity contribution in [2.45, 2.75) is 6.92 Å². The maximum Gasteiger partial charge on any atom is 0.128 e. The standard InChI is InChI=1S/C9H13N3/c1-4-12-9(2)6-5-7-11-8-10-3/h4-7H,2-3,8H2,1H3/b6-5-,11-7?,12-4?. The highest BCUT2D eigenvalue weighted by molar-refractivity contribution is 5.72. The second-order valence-corrected chi connectivity index (χ2v) is 1.93. The van der Waals surface area contributed by atoms with E-state index in [0.717, 1.165) is 0 Å². The monoisotopic (exact) mass is 163 g/mol. The zero-order valence-corrected chi connectivity index (χ0v) is 7.27. The van der Waals surface area contributed by atoms with Gasteiger partial charge in [0, 0.05) is 12.4 Å². The lowest BCUT2D eigenvalue weighted by molar-refractivity contribution is 1.09. The van der Waals surface area contributed by atoms with Crippen molar-refractivity contribution >= 4 is 19.1 Å². The predicted molar refractivity (Wildman–Crippen MR) is 55.4 cm³/mol. The minimum Gasteiger partial charge on any atom is -0.278 e. The summed E-state index contributed by atoms with van der Waals surface area (Å²) in [7, 11) is 0. The third-order valence-corrected chi connectivity index (χ3v) is 0.957. The largest absolute Gasteiger partial charge is 0.278 e. The van der Waals surface area contributed by atoms with E-state index in [1.165, 1.54) is 0 Å². The summed E-state index contributed by atoms with van der Waals surface area (Å²) in [6.07, 6.45) is 6.87. The molecule has 0 atom stereocenters. The fraction of sp³-hybridized carbons (Fsp3) is 0.222. The van der Waals surface area contributed by atoms with Crippen LogP contribution in [0.2, 0.25) is 0 Å². The lowest BCUT2D eigenvalue weighted by Gasteiger charge is -1.84. The number of allylic oxidation sites excluding steroid dienone is 2. The second-order valence-electron chi connectivity index (χ2n) is 1.93. The van der Waals surface area contributed by atoms with Crippen LogP contribution in [-0.4, -0.2) is 25.8 Å². The molecule has 0 radical (unpaired) electrons. The molecule has 0 aliphatic rings. The Kier molecular flexibility index (Phi) is 6.64. The Balaban J connectivity index is 3.75. The van der Waals surface area contributed by atoms with Crippen LogP contribution in [0.4, 0.5) is 0 Å². The van der Waals surface area contributed by atoms with Gasteiger partial charge < -0.3 is 0 Å². The molecule has 0 aliphatic carbocycles. The fourth-order valence-electron chi connectivity index (χ4n) is 0.529. The summed E-state index contributed by atoms with van der Waals surface area (Å²) < 4.78 is 0. The molecule has 0 heterocycles. The van der Waals surface area contributed by atoms with E-state index in [1.54, 1.807) is 24.6 Å². The van der Waals surface area contributed by atoms with Crippen molar-refractivity contribution in [2.75, 3.05) is 6.67 Å². The second kappa shape index (κ2) is 7.60. The van der Waals surface area contributed by atoms with Gasteiger partial charge in [-0.3, -0.25) is 15.0 Å². The van der Waals surface area contributed by atoms with Crippen LogP contribution in [0.15, 0.2) is 39.4 Å². The van der Waals surface area contributed by atoms with Gasteiger partial charge in [-0.15, -0.1) is 0 Å². The lowest BCUT2D eigenvalue weighted by atomic mass is 10.4. The fourth-order valence-corrected chi connectivity index (χ4v) is 0.529. The normalized spacial score (nSPS) is 11.8. The van der Waals surface area contributed by atoms with Crippen molar-refractivity contribution in [1.82, 2.24) is 0 Å². The summed E-state index contributed by atoms with van der Waals surface area (Å²) in [5.74, 6) is 0. The third-order valence-electron chi connectivity index (χ3n) is 0.957. The van der Waals surface area contributed by atoms with E-state index in [0.29, 0.717) is 12.4 Å². The van der Waals surface area contributed by atoms with E-state index < -0.39 is 0 Å². The molecule has 0 spiro atoms. The molecule has 3 nitrogen and oxygen atoms in total. The molecule has 0 aromatic heterocycles. The molecule has 0 fully saturated rings. The lowest BCUT2D eigenvalue weighted by Crippen LogP contribution is -1.73. The van der Waals surface area contributed by atoms with Crippen LogP contribution in [0.1, 0.15) is 6.92 Å². The third kappa shape index (κ3) is 6.61. The van der Waals surface area contributed by atoms with Gasteiger partial charge in [0.15, 0.2) is 0 Å². The molecular formula is C9H13N3. The SMILES string of the molecule is C=NCN=C/C=C\C(=C)N=CC. The van der Waals surface area contributed by atoms with Crippen LogP contribution in [0.3, 0.4) is 0 Å². The summed E-state index contributed by atoms with van der Waals surface area (Å²) in [6.45, 7) is 9.21. The summed E-state index contributed by atoms with van der Waals surface area (Å²) in [5, 5.41) is 0. The molecule has 0 bridgehead atoms. The van der Waals surface area contributed by atoms with E-state index in [9.17, 15) is 0 Å². The molecule has 0 amide bonds. The predicted octanol–water partition coefficient (Wildman–Crippen LogP) is 1.88. The van der Waals surface area contributed by atoms with Crippen LogP contribution in [-0.2, 0) is 0 Å². The van der Waals surface area contributed by atoms with Crippen LogP contribution in [0, 0.1) is 0 Å². The molecule has 64 valence electrons. The van der Waals surface area contributed by atoms with Gasteiger partial charge >= 0.3 is 0 Å². The number of aliphatic imine (C=N–C) groups is 3. The van der Waals surface area contributed by atoms with Crippen LogP contribution in [0.25, 0.3) is 0 Å². The Hall–Kier alpha value is -1.51. The van der Waals surface area contributed by atoms with E-state index in [1.807, 2.05) is 6.92 Å². The van der Waals surface area contributed by atoms with Gasteiger partial charge in [0.2, 0.25) is 0 Å². The number of hydrogen-bond donors (Lipinski definition) is 0. The quantitative estimate of drug-likeness (QED) is 0.438. The molecule has 0 aliphatic heterocycles. The Morgan fingerprint density at radius 1 is 1.50 bits per heavy atom. The molecule has 0 saturated carbocycles.